The Hall–Kier alpha value is -1.39. The van der Waals surface area contributed by atoms with Gasteiger partial charge in [0.15, 0.2) is 0 Å². The molecule has 0 spiro atoms. The quantitative estimate of drug-likeness (QED) is 0.889. The molecule has 0 aromatic heterocycles. The summed E-state index contributed by atoms with van der Waals surface area (Å²) in [5.74, 6) is 0.319. The predicted octanol–water partition coefficient (Wildman–Crippen LogP) is 1.84. The first-order valence-corrected chi connectivity index (χ1v) is 7.80. The summed E-state index contributed by atoms with van der Waals surface area (Å²) in [6, 6.07) is 8.89. The number of piperidine rings is 1. The van der Waals surface area contributed by atoms with E-state index >= 15 is 0 Å². The second kappa shape index (κ2) is 7.05. The van der Waals surface area contributed by atoms with Gasteiger partial charge in [-0.3, -0.25) is 9.69 Å². The first kappa shape index (κ1) is 16.0. The Kier molecular flexibility index (Phi) is 5.37. The minimum Gasteiger partial charge on any atom is -0.359 e. The van der Waals surface area contributed by atoms with Gasteiger partial charge in [-0.1, -0.05) is 29.8 Å². The van der Waals surface area contributed by atoms with E-state index in [1.54, 1.807) is 7.05 Å². The number of hydrogen-bond acceptors (Lipinski definition) is 3. The lowest BCUT2D eigenvalue weighted by Gasteiger charge is -2.39. The second-order valence-electron chi connectivity index (χ2n) is 6.14. The Balaban J connectivity index is 2.09. The van der Waals surface area contributed by atoms with Crippen LogP contribution in [0.4, 0.5) is 0 Å². The minimum absolute atomic E-state index is 0.0725. The molecule has 1 fully saturated rings. The third-order valence-corrected chi connectivity index (χ3v) is 4.42. The topological polar surface area (TPSA) is 58.4 Å². The summed E-state index contributed by atoms with van der Waals surface area (Å²) in [5, 5.41) is 2.76. The maximum absolute atomic E-state index is 11.7. The number of amides is 1. The zero-order valence-electron chi connectivity index (χ0n) is 13.3. The molecule has 1 saturated heterocycles. The molecule has 1 heterocycles. The molecule has 1 aliphatic rings. The number of benzene rings is 1. The zero-order chi connectivity index (χ0) is 15.4. The molecule has 4 heteroatoms. The standard InChI is InChI=1S/C17H27N3O/c1-12-5-4-6-15(11-12)16(13(2)18)20-9-7-14(8-10-20)17(21)19-3/h4-6,11,13-14,16H,7-10,18H2,1-3H3,(H,19,21). The Morgan fingerprint density at radius 1 is 1.38 bits per heavy atom. The van der Waals surface area contributed by atoms with Crippen LogP contribution in [0.25, 0.3) is 0 Å². The molecule has 2 unspecified atom stereocenters. The normalized spacial score (nSPS) is 20.0. The third-order valence-electron chi connectivity index (χ3n) is 4.42. The van der Waals surface area contributed by atoms with Crippen molar-refractivity contribution in [2.45, 2.75) is 38.8 Å². The Bertz CT molecular complexity index is 479. The van der Waals surface area contributed by atoms with Gasteiger partial charge in [0, 0.05) is 25.0 Å². The molecule has 0 radical (unpaired) electrons. The van der Waals surface area contributed by atoms with Crippen LogP contribution < -0.4 is 11.1 Å². The van der Waals surface area contributed by atoms with Crippen LogP contribution in [0.15, 0.2) is 24.3 Å². The number of nitrogens with two attached hydrogens (primary N) is 1. The van der Waals surface area contributed by atoms with E-state index in [1.165, 1.54) is 11.1 Å². The molecule has 1 amide bonds. The van der Waals surface area contributed by atoms with E-state index in [1.807, 2.05) is 0 Å². The SMILES string of the molecule is CNC(=O)C1CCN(C(c2cccc(C)c2)C(C)N)CC1. The van der Waals surface area contributed by atoms with Gasteiger partial charge in [-0.2, -0.15) is 0 Å². The number of nitrogens with zero attached hydrogens (tertiary/aromatic N) is 1. The molecule has 0 bridgehead atoms. The predicted molar refractivity (Wildman–Crippen MR) is 85.9 cm³/mol. The third kappa shape index (κ3) is 3.83. The van der Waals surface area contributed by atoms with E-state index in [-0.39, 0.29) is 23.9 Å². The molecule has 116 valence electrons. The van der Waals surface area contributed by atoms with E-state index in [9.17, 15) is 4.79 Å². The van der Waals surface area contributed by atoms with Crippen molar-refractivity contribution < 1.29 is 4.79 Å². The van der Waals surface area contributed by atoms with E-state index in [0.29, 0.717) is 0 Å². The number of carbonyl (C=O) groups excluding carboxylic acids is 1. The zero-order valence-corrected chi connectivity index (χ0v) is 13.3. The highest BCUT2D eigenvalue weighted by Gasteiger charge is 2.30. The average molecular weight is 289 g/mol. The molecule has 2 rings (SSSR count). The number of hydrogen-bond donors (Lipinski definition) is 2. The Morgan fingerprint density at radius 3 is 2.57 bits per heavy atom. The van der Waals surface area contributed by atoms with Crippen LogP contribution in [-0.2, 0) is 4.79 Å². The number of nitrogens with one attached hydrogen (secondary N) is 1. The second-order valence-corrected chi connectivity index (χ2v) is 6.14. The minimum atomic E-state index is 0.0725. The first-order chi connectivity index (χ1) is 10.0. The van der Waals surface area contributed by atoms with Crippen molar-refractivity contribution in [3.63, 3.8) is 0 Å². The molecule has 1 aromatic rings. The van der Waals surface area contributed by atoms with Crippen molar-refractivity contribution in [3.8, 4) is 0 Å². The Labute approximate surface area is 127 Å². The summed E-state index contributed by atoms with van der Waals surface area (Å²) < 4.78 is 0. The van der Waals surface area contributed by atoms with E-state index in [0.717, 1.165) is 25.9 Å². The lowest BCUT2D eigenvalue weighted by molar-refractivity contribution is -0.126. The smallest absolute Gasteiger partial charge is 0.222 e. The molecule has 4 nitrogen and oxygen atoms in total. The first-order valence-electron chi connectivity index (χ1n) is 7.80. The molecule has 1 aliphatic heterocycles. The van der Waals surface area contributed by atoms with Crippen molar-refractivity contribution in [3.05, 3.63) is 35.4 Å². The van der Waals surface area contributed by atoms with Gasteiger partial charge in [-0.05, 0) is 45.3 Å². The molecule has 0 aliphatic carbocycles. The van der Waals surface area contributed by atoms with Gasteiger partial charge in [-0.15, -0.1) is 0 Å². The van der Waals surface area contributed by atoms with Crippen molar-refractivity contribution >= 4 is 5.91 Å². The van der Waals surface area contributed by atoms with Crippen LogP contribution >= 0.6 is 0 Å². The van der Waals surface area contributed by atoms with Crippen LogP contribution in [0.3, 0.4) is 0 Å². The number of carbonyl (C=O) groups is 1. The van der Waals surface area contributed by atoms with Crippen LogP contribution in [-0.4, -0.2) is 37.0 Å². The summed E-state index contributed by atoms with van der Waals surface area (Å²) in [6.45, 7) is 6.04. The fourth-order valence-electron chi connectivity index (χ4n) is 3.34. The summed E-state index contributed by atoms with van der Waals surface area (Å²) >= 11 is 0. The van der Waals surface area contributed by atoms with Crippen molar-refractivity contribution in [1.29, 1.82) is 0 Å². The fraction of sp³-hybridized carbons (Fsp3) is 0.588. The molecule has 2 atom stereocenters. The summed E-state index contributed by atoms with van der Waals surface area (Å²) in [5.41, 5.74) is 8.79. The average Bonchev–Trinajstić information content (AvgIpc) is 2.47. The molecular weight excluding hydrogens is 262 g/mol. The molecule has 3 N–H and O–H groups in total. The summed E-state index contributed by atoms with van der Waals surface area (Å²) in [6.07, 6.45) is 1.82. The number of rotatable bonds is 4. The molecule has 21 heavy (non-hydrogen) atoms. The summed E-state index contributed by atoms with van der Waals surface area (Å²) in [4.78, 5) is 14.2. The fourth-order valence-corrected chi connectivity index (χ4v) is 3.34. The van der Waals surface area contributed by atoms with Crippen LogP contribution in [0.2, 0.25) is 0 Å². The van der Waals surface area contributed by atoms with Crippen molar-refractivity contribution in [2.24, 2.45) is 11.7 Å². The van der Waals surface area contributed by atoms with Crippen LogP contribution in [0, 0.1) is 12.8 Å². The van der Waals surface area contributed by atoms with Gasteiger partial charge in [-0.25, -0.2) is 0 Å². The lowest BCUT2D eigenvalue weighted by Crippen LogP contribution is -2.45. The largest absolute Gasteiger partial charge is 0.359 e. The highest BCUT2D eigenvalue weighted by atomic mass is 16.1. The van der Waals surface area contributed by atoms with Gasteiger partial charge in [0.1, 0.15) is 0 Å². The van der Waals surface area contributed by atoms with Gasteiger partial charge in [0.05, 0.1) is 0 Å². The van der Waals surface area contributed by atoms with Crippen LogP contribution in [0.5, 0.6) is 0 Å². The van der Waals surface area contributed by atoms with Gasteiger partial charge in [0.2, 0.25) is 5.91 Å². The maximum atomic E-state index is 11.7. The van der Waals surface area contributed by atoms with E-state index < -0.39 is 0 Å². The highest BCUT2D eigenvalue weighted by Crippen LogP contribution is 2.29. The number of aryl methyl sites for hydroxylation is 1. The van der Waals surface area contributed by atoms with Gasteiger partial charge in [0.25, 0.3) is 0 Å². The van der Waals surface area contributed by atoms with Gasteiger partial charge >= 0.3 is 0 Å². The van der Waals surface area contributed by atoms with E-state index in [2.05, 4.69) is 48.3 Å². The lowest BCUT2D eigenvalue weighted by atomic mass is 9.91. The summed E-state index contributed by atoms with van der Waals surface area (Å²) in [7, 11) is 1.71. The maximum Gasteiger partial charge on any atom is 0.222 e. The molecule has 1 aromatic carbocycles. The van der Waals surface area contributed by atoms with E-state index in [4.69, 9.17) is 5.73 Å². The van der Waals surface area contributed by atoms with Crippen molar-refractivity contribution in [2.75, 3.05) is 20.1 Å². The van der Waals surface area contributed by atoms with Crippen molar-refractivity contribution in [1.82, 2.24) is 10.2 Å². The Morgan fingerprint density at radius 2 is 2.05 bits per heavy atom. The molecule has 0 saturated carbocycles. The number of likely N-dealkylation sites (tertiary alicyclic amines) is 1. The van der Waals surface area contributed by atoms with Crippen LogP contribution in [0.1, 0.15) is 36.9 Å². The highest BCUT2D eigenvalue weighted by molar-refractivity contribution is 5.78. The monoisotopic (exact) mass is 289 g/mol. The molecular formula is C17H27N3O. The van der Waals surface area contributed by atoms with Gasteiger partial charge < -0.3 is 11.1 Å².